The Morgan fingerprint density at radius 2 is 1.80 bits per heavy atom. The van der Waals surface area contributed by atoms with E-state index in [1.165, 1.54) is 0 Å². The molecule has 5 heteroatoms. The number of hydrogen-bond donors (Lipinski definition) is 2. The van der Waals surface area contributed by atoms with Gasteiger partial charge in [-0.1, -0.05) is 38.1 Å². The molecule has 0 radical (unpaired) electrons. The normalized spacial score (nSPS) is 10.4. The van der Waals surface area contributed by atoms with E-state index in [9.17, 15) is 4.79 Å². The van der Waals surface area contributed by atoms with Crippen LogP contribution in [0.5, 0.6) is 5.75 Å². The van der Waals surface area contributed by atoms with Crippen molar-refractivity contribution in [1.82, 2.24) is 5.32 Å². The van der Waals surface area contributed by atoms with E-state index < -0.39 is 0 Å². The van der Waals surface area contributed by atoms with Gasteiger partial charge in [0.1, 0.15) is 5.75 Å². The van der Waals surface area contributed by atoms with E-state index in [2.05, 4.69) is 24.5 Å². The molecule has 25 heavy (non-hydrogen) atoms. The zero-order chi connectivity index (χ0) is 18.2. The van der Waals surface area contributed by atoms with Crippen molar-refractivity contribution < 1.29 is 9.53 Å². The van der Waals surface area contributed by atoms with E-state index in [1.54, 1.807) is 0 Å². The van der Waals surface area contributed by atoms with Gasteiger partial charge in [0, 0.05) is 5.69 Å². The van der Waals surface area contributed by atoms with Gasteiger partial charge in [-0.15, -0.1) is 0 Å². The van der Waals surface area contributed by atoms with Gasteiger partial charge in [0.2, 0.25) is 5.91 Å². The second kappa shape index (κ2) is 9.18. The minimum Gasteiger partial charge on any atom is -0.493 e. The Bertz CT molecular complexity index is 727. The highest BCUT2D eigenvalue weighted by Gasteiger charge is 2.08. The number of anilines is 1. The number of carbonyl (C=O) groups excluding carboxylic acids is 1. The Hall–Kier alpha value is -2.40. The first-order chi connectivity index (χ1) is 11.9. The molecule has 4 nitrogen and oxygen atoms in total. The minimum atomic E-state index is -0.135. The summed E-state index contributed by atoms with van der Waals surface area (Å²) in [5, 5.41) is 6.00. The molecule has 0 aliphatic carbocycles. The maximum absolute atomic E-state index is 12.1. The van der Waals surface area contributed by atoms with Gasteiger partial charge in [-0.05, 0) is 60.5 Å². The van der Waals surface area contributed by atoms with Gasteiger partial charge in [-0.25, -0.2) is 0 Å². The second-order valence-corrected chi connectivity index (χ2v) is 6.74. The summed E-state index contributed by atoms with van der Waals surface area (Å²) in [5.74, 6) is 1.16. The number of aryl methyl sites for hydroxylation is 1. The van der Waals surface area contributed by atoms with Gasteiger partial charge in [-0.3, -0.25) is 4.79 Å². The Morgan fingerprint density at radius 3 is 2.44 bits per heavy atom. The van der Waals surface area contributed by atoms with Crippen LogP contribution in [0.25, 0.3) is 0 Å². The summed E-state index contributed by atoms with van der Waals surface area (Å²) in [6.07, 6.45) is 0.302. The number of nitrogens with one attached hydrogen (secondary N) is 2. The van der Waals surface area contributed by atoms with Crippen LogP contribution in [-0.2, 0) is 11.2 Å². The molecule has 0 unspecified atom stereocenters. The number of carbonyl (C=O) groups is 1. The van der Waals surface area contributed by atoms with Gasteiger partial charge >= 0.3 is 0 Å². The quantitative estimate of drug-likeness (QED) is 0.766. The lowest BCUT2D eigenvalue weighted by Crippen LogP contribution is -2.35. The van der Waals surface area contributed by atoms with Crippen molar-refractivity contribution in [2.75, 3.05) is 11.9 Å². The van der Waals surface area contributed by atoms with Gasteiger partial charge in [0.25, 0.3) is 0 Å². The van der Waals surface area contributed by atoms with E-state index in [0.717, 1.165) is 22.6 Å². The van der Waals surface area contributed by atoms with Crippen LogP contribution in [0.4, 0.5) is 5.69 Å². The first-order valence-electron chi connectivity index (χ1n) is 8.32. The first-order valence-corrected chi connectivity index (χ1v) is 8.73. The fourth-order valence-electron chi connectivity index (χ4n) is 2.21. The lowest BCUT2D eigenvalue weighted by Gasteiger charge is -2.12. The van der Waals surface area contributed by atoms with E-state index in [-0.39, 0.29) is 11.0 Å². The summed E-state index contributed by atoms with van der Waals surface area (Å²) < 4.78 is 5.64. The van der Waals surface area contributed by atoms with Crippen molar-refractivity contribution in [1.29, 1.82) is 0 Å². The smallest absolute Gasteiger partial charge is 0.230 e. The van der Waals surface area contributed by atoms with E-state index in [4.69, 9.17) is 17.0 Å². The van der Waals surface area contributed by atoms with Crippen LogP contribution in [0.3, 0.4) is 0 Å². The molecule has 2 aromatic carbocycles. The summed E-state index contributed by atoms with van der Waals surface area (Å²) >= 11 is 5.21. The molecule has 0 bridgehead atoms. The molecule has 0 fully saturated rings. The third-order valence-electron chi connectivity index (χ3n) is 3.56. The molecule has 1 amide bonds. The van der Waals surface area contributed by atoms with Crippen LogP contribution < -0.4 is 15.4 Å². The predicted octanol–water partition coefficient (Wildman–Crippen LogP) is 4.09. The molecule has 0 saturated carbocycles. The molecule has 0 saturated heterocycles. The molecular weight excluding hydrogens is 332 g/mol. The number of benzene rings is 2. The molecule has 2 aromatic rings. The summed E-state index contributed by atoms with van der Waals surface area (Å²) in [6.45, 7) is 6.88. The average molecular weight is 356 g/mol. The molecule has 2 rings (SSSR count). The van der Waals surface area contributed by atoms with Crippen LogP contribution >= 0.6 is 12.2 Å². The third kappa shape index (κ3) is 6.55. The van der Waals surface area contributed by atoms with Crippen LogP contribution in [0.2, 0.25) is 0 Å². The molecule has 0 heterocycles. The van der Waals surface area contributed by atoms with Crippen LogP contribution in [0, 0.1) is 12.8 Å². The zero-order valence-electron chi connectivity index (χ0n) is 14.8. The molecule has 132 valence electrons. The van der Waals surface area contributed by atoms with Gasteiger partial charge < -0.3 is 15.4 Å². The Balaban J connectivity index is 1.83. The van der Waals surface area contributed by atoms with Crippen molar-refractivity contribution >= 4 is 28.9 Å². The highest BCUT2D eigenvalue weighted by Crippen LogP contribution is 2.16. The number of amides is 1. The van der Waals surface area contributed by atoms with Crippen molar-refractivity contribution in [3.63, 3.8) is 0 Å². The Morgan fingerprint density at radius 1 is 1.12 bits per heavy atom. The van der Waals surface area contributed by atoms with Crippen LogP contribution in [-0.4, -0.2) is 17.6 Å². The molecule has 0 atom stereocenters. The fraction of sp³-hybridized carbons (Fsp3) is 0.300. The molecule has 0 aromatic heterocycles. The van der Waals surface area contributed by atoms with Crippen molar-refractivity contribution in [2.24, 2.45) is 5.92 Å². The summed E-state index contributed by atoms with van der Waals surface area (Å²) in [6, 6.07) is 15.3. The molecule has 0 spiro atoms. The van der Waals surface area contributed by atoms with E-state index >= 15 is 0 Å². The summed E-state index contributed by atoms with van der Waals surface area (Å²) in [7, 11) is 0. The van der Waals surface area contributed by atoms with Crippen molar-refractivity contribution in [3.05, 3.63) is 59.7 Å². The van der Waals surface area contributed by atoms with Crippen molar-refractivity contribution in [3.8, 4) is 5.75 Å². The third-order valence-corrected chi connectivity index (χ3v) is 3.76. The maximum atomic E-state index is 12.1. The lowest BCUT2D eigenvalue weighted by molar-refractivity contribution is -0.119. The van der Waals surface area contributed by atoms with Crippen LogP contribution in [0.1, 0.15) is 25.0 Å². The number of thiocarbonyl (C=S) groups is 1. The predicted molar refractivity (Wildman–Crippen MR) is 106 cm³/mol. The summed E-state index contributed by atoms with van der Waals surface area (Å²) in [4.78, 5) is 12.1. The zero-order valence-corrected chi connectivity index (χ0v) is 15.7. The second-order valence-electron chi connectivity index (χ2n) is 6.33. The standard InChI is InChI=1S/C20H24N2O2S/c1-14(2)13-24-18-10-8-17(9-11-18)21-20(25)22-19(23)12-16-7-5-4-6-15(16)3/h4-11,14H,12-13H2,1-3H3,(H2,21,22,23,25). The molecule has 2 N–H and O–H groups in total. The van der Waals surface area contributed by atoms with Crippen LogP contribution in [0.15, 0.2) is 48.5 Å². The number of hydrogen-bond acceptors (Lipinski definition) is 3. The molecular formula is C20H24N2O2S. The van der Waals surface area contributed by atoms with Crippen molar-refractivity contribution in [2.45, 2.75) is 27.2 Å². The largest absolute Gasteiger partial charge is 0.493 e. The molecule has 0 aliphatic heterocycles. The van der Waals surface area contributed by atoms with E-state index in [1.807, 2.05) is 55.5 Å². The summed E-state index contributed by atoms with van der Waals surface area (Å²) in [5.41, 5.74) is 2.89. The SMILES string of the molecule is Cc1ccccc1CC(=O)NC(=S)Nc1ccc(OCC(C)C)cc1. The highest BCUT2D eigenvalue weighted by molar-refractivity contribution is 7.80. The monoisotopic (exact) mass is 356 g/mol. The molecule has 0 aliphatic rings. The minimum absolute atomic E-state index is 0.135. The topological polar surface area (TPSA) is 50.4 Å². The lowest BCUT2D eigenvalue weighted by atomic mass is 10.1. The van der Waals surface area contributed by atoms with Gasteiger partial charge in [-0.2, -0.15) is 0 Å². The van der Waals surface area contributed by atoms with Gasteiger partial charge in [0.15, 0.2) is 5.11 Å². The first kappa shape index (κ1) is 18.9. The fourth-order valence-corrected chi connectivity index (χ4v) is 2.44. The highest BCUT2D eigenvalue weighted by atomic mass is 32.1. The van der Waals surface area contributed by atoms with E-state index in [0.29, 0.717) is 18.9 Å². The maximum Gasteiger partial charge on any atom is 0.230 e. The average Bonchev–Trinajstić information content (AvgIpc) is 2.56. The number of ether oxygens (including phenoxy) is 1. The number of rotatable bonds is 6. The Labute approximate surface area is 154 Å². The van der Waals surface area contributed by atoms with Gasteiger partial charge in [0.05, 0.1) is 13.0 Å². The Kier molecular flexibility index (Phi) is 6.95.